The number of furan rings is 1. The smallest absolute Gasteiger partial charge is 0.169 e. The molecule has 2 rings (SSSR count). The lowest BCUT2D eigenvalue weighted by molar-refractivity contribution is 0.386. The minimum atomic E-state index is 0.0725. The van der Waals surface area contributed by atoms with E-state index in [0.717, 1.165) is 16.9 Å². The van der Waals surface area contributed by atoms with Crippen molar-refractivity contribution in [3.05, 3.63) is 22.1 Å². The zero-order valence-electron chi connectivity index (χ0n) is 8.86. The number of halogens is 1. The summed E-state index contributed by atoms with van der Waals surface area (Å²) in [6.07, 6.45) is 1.12. The summed E-state index contributed by atoms with van der Waals surface area (Å²) in [5.41, 5.74) is 7.44. The van der Waals surface area contributed by atoms with Crippen LogP contribution in [0.5, 0.6) is 0 Å². The SMILES string of the molecule is Cc1cc(Br)oc1C1(CN)CC1(C)C. The molecule has 0 spiro atoms. The van der Waals surface area contributed by atoms with Crippen molar-refractivity contribution in [1.29, 1.82) is 0 Å². The Labute approximate surface area is 93.0 Å². The van der Waals surface area contributed by atoms with Gasteiger partial charge >= 0.3 is 0 Å². The number of nitrogens with two attached hydrogens (primary N) is 1. The van der Waals surface area contributed by atoms with E-state index in [1.165, 1.54) is 5.56 Å². The molecule has 1 fully saturated rings. The van der Waals surface area contributed by atoms with Gasteiger partial charge in [-0.25, -0.2) is 0 Å². The van der Waals surface area contributed by atoms with Gasteiger partial charge in [-0.3, -0.25) is 0 Å². The van der Waals surface area contributed by atoms with Gasteiger partial charge in [0.2, 0.25) is 0 Å². The standard InChI is InChI=1S/C11H16BrNO/c1-7-4-8(12)14-9(7)11(6-13)5-10(11,2)3/h4H,5-6,13H2,1-3H3. The van der Waals surface area contributed by atoms with E-state index in [1.807, 2.05) is 6.07 Å². The van der Waals surface area contributed by atoms with E-state index < -0.39 is 0 Å². The summed E-state index contributed by atoms with van der Waals surface area (Å²) in [5.74, 6) is 1.07. The van der Waals surface area contributed by atoms with Gasteiger partial charge in [-0.15, -0.1) is 0 Å². The van der Waals surface area contributed by atoms with Crippen molar-refractivity contribution in [3.63, 3.8) is 0 Å². The van der Waals surface area contributed by atoms with Gasteiger partial charge in [-0.2, -0.15) is 0 Å². The van der Waals surface area contributed by atoms with Gasteiger partial charge in [0.15, 0.2) is 4.67 Å². The van der Waals surface area contributed by atoms with E-state index in [1.54, 1.807) is 0 Å². The lowest BCUT2D eigenvalue weighted by atomic mass is 9.91. The predicted molar refractivity (Wildman–Crippen MR) is 60.3 cm³/mol. The van der Waals surface area contributed by atoms with Crippen molar-refractivity contribution in [2.75, 3.05) is 6.54 Å². The van der Waals surface area contributed by atoms with Gasteiger partial charge in [-0.1, -0.05) is 13.8 Å². The molecule has 1 aliphatic rings. The Hall–Kier alpha value is -0.280. The largest absolute Gasteiger partial charge is 0.453 e. The second-order valence-corrected chi connectivity index (χ2v) is 5.69. The molecule has 1 aromatic rings. The first-order valence-corrected chi connectivity index (χ1v) is 5.69. The third kappa shape index (κ3) is 1.18. The van der Waals surface area contributed by atoms with Crippen LogP contribution < -0.4 is 5.73 Å². The van der Waals surface area contributed by atoms with Crippen LogP contribution in [0, 0.1) is 12.3 Å². The molecule has 1 unspecified atom stereocenters. The monoisotopic (exact) mass is 257 g/mol. The Kier molecular flexibility index (Phi) is 2.09. The fourth-order valence-corrected chi connectivity index (χ4v) is 2.96. The lowest BCUT2D eigenvalue weighted by Gasteiger charge is -2.16. The van der Waals surface area contributed by atoms with Crippen LogP contribution in [0.25, 0.3) is 0 Å². The van der Waals surface area contributed by atoms with Gasteiger partial charge < -0.3 is 10.2 Å². The van der Waals surface area contributed by atoms with Crippen LogP contribution in [0.4, 0.5) is 0 Å². The van der Waals surface area contributed by atoms with Crippen LogP contribution in [0.2, 0.25) is 0 Å². The lowest BCUT2D eigenvalue weighted by Crippen LogP contribution is -2.25. The predicted octanol–water partition coefficient (Wildman–Crippen LogP) is 2.98. The number of hydrogen-bond donors (Lipinski definition) is 1. The first-order valence-electron chi connectivity index (χ1n) is 4.89. The quantitative estimate of drug-likeness (QED) is 0.885. The molecule has 0 radical (unpaired) electrons. The molecule has 78 valence electrons. The molecule has 1 heterocycles. The topological polar surface area (TPSA) is 39.2 Å². The molecule has 0 aliphatic heterocycles. The average Bonchev–Trinajstić information content (AvgIpc) is 2.48. The van der Waals surface area contributed by atoms with E-state index in [4.69, 9.17) is 10.2 Å². The summed E-state index contributed by atoms with van der Waals surface area (Å²) in [5, 5.41) is 0. The second-order valence-electron chi connectivity index (χ2n) is 4.91. The Morgan fingerprint density at radius 2 is 2.14 bits per heavy atom. The molecule has 0 bridgehead atoms. The molecule has 1 aliphatic carbocycles. The molecule has 2 nitrogen and oxygen atoms in total. The fourth-order valence-electron chi connectivity index (χ4n) is 2.46. The summed E-state index contributed by atoms with van der Waals surface area (Å²) in [6, 6.07) is 2.02. The molecule has 3 heteroatoms. The van der Waals surface area contributed by atoms with Crippen molar-refractivity contribution in [2.45, 2.75) is 32.6 Å². The van der Waals surface area contributed by atoms with Crippen LogP contribution in [0.3, 0.4) is 0 Å². The summed E-state index contributed by atoms with van der Waals surface area (Å²) in [4.78, 5) is 0. The van der Waals surface area contributed by atoms with Gasteiger partial charge in [0.05, 0.1) is 0 Å². The van der Waals surface area contributed by atoms with Crippen molar-refractivity contribution < 1.29 is 4.42 Å². The number of rotatable bonds is 2. The van der Waals surface area contributed by atoms with E-state index in [9.17, 15) is 0 Å². The first-order chi connectivity index (χ1) is 6.43. The molecule has 14 heavy (non-hydrogen) atoms. The van der Waals surface area contributed by atoms with Crippen molar-refractivity contribution >= 4 is 15.9 Å². The van der Waals surface area contributed by atoms with Crippen LogP contribution in [0.15, 0.2) is 15.2 Å². The Morgan fingerprint density at radius 1 is 1.57 bits per heavy atom. The average molecular weight is 258 g/mol. The highest BCUT2D eigenvalue weighted by Gasteiger charge is 2.63. The van der Waals surface area contributed by atoms with Crippen LogP contribution in [-0.4, -0.2) is 6.54 Å². The van der Waals surface area contributed by atoms with Crippen molar-refractivity contribution in [2.24, 2.45) is 11.1 Å². The molecule has 1 atom stereocenters. The Balaban J connectivity index is 2.45. The minimum absolute atomic E-state index is 0.0725. The zero-order chi connectivity index (χ0) is 10.6. The maximum absolute atomic E-state index is 5.88. The van der Waals surface area contributed by atoms with Crippen molar-refractivity contribution in [3.8, 4) is 0 Å². The summed E-state index contributed by atoms with van der Waals surface area (Å²) >= 11 is 3.36. The number of hydrogen-bond acceptors (Lipinski definition) is 2. The van der Waals surface area contributed by atoms with Gasteiger partial charge in [0.1, 0.15) is 5.76 Å². The van der Waals surface area contributed by atoms with Crippen LogP contribution in [0.1, 0.15) is 31.6 Å². The van der Waals surface area contributed by atoms with E-state index in [-0.39, 0.29) is 10.8 Å². The van der Waals surface area contributed by atoms with Gasteiger partial charge in [0, 0.05) is 12.0 Å². The molecular weight excluding hydrogens is 242 g/mol. The molecule has 1 aromatic heterocycles. The Morgan fingerprint density at radius 3 is 2.43 bits per heavy atom. The third-order valence-corrected chi connectivity index (χ3v) is 3.98. The highest BCUT2D eigenvalue weighted by atomic mass is 79.9. The molecule has 0 saturated heterocycles. The van der Waals surface area contributed by atoms with E-state index >= 15 is 0 Å². The zero-order valence-corrected chi connectivity index (χ0v) is 10.4. The second kappa shape index (κ2) is 2.86. The minimum Gasteiger partial charge on any atom is -0.453 e. The molecule has 0 aromatic carbocycles. The van der Waals surface area contributed by atoms with Crippen molar-refractivity contribution in [1.82, 2.24) is 0 Å². The van der Waals surface area contributed by atoms with Gasteiger partial charge in [0.25, 0.3) is 0 Å². The van der Waals surface area contributed by atoms with Gasteiger partial charge in [-0.05, 0) is 46.3 Å². The van der Waals surface area contributed by atoms with E-state index in [0.29, 0.717) is 6.54 Å². The summed E-state index contributed by atoms with van der Waals surface area (Å²) in [7, 11) is 0. The highest BCUT2D eigenvalue weighted by Crippen LogP contribution is 2.64. The molecule has 2 N–H and O–H groups in total. The number of aryl methyl sites for hydroxylation is 1. The first kappa shape index (κ1) is 10.2. The normalized spacial score (nSPS) is 29.2. The molecule has 0 amide bonds. The summed E-state index contributed by atoms with van der Waals surface area (Å²) in [6.45, 7) is 7.24. The molecular formula is C11H16BrNO. The highest BCUT2D eigenvalue weighted by molar-refractivity contribution is 9.10. The molecule has 1 saturated carbocycles. The maximum Gasteiger partial charge on any atom is 0.169 e. The van der Waals surface area contributed by atoms with Crippen LogP contribution in [-0.2, 0) is 5.41 Å². The van der Waals surface area contributed by atoms with Crippen LogP contribution >= 0.6 is 15.9 Å². The van der Waals surface area contributed by atoms with E-state index in [2.05, 4.69) is 36.7 Å². The Bertz CT molecular complexity index is 369. The fraction of sp³-hybridized carbons (Fsp3) is 0.636. The third-order valence-electron chi connectivity index (χ3n) is 3.59. The maximum atomic E-state index is 5.88. The summed E-state index contributed by atoms with van der Waals surface area (Å²) < 4.78 is 6.51.